The number of piperazine rings is 1. The summed E-state index contributed by atoms with van der Waals surface area (Å²) in [5.41, 5.74) is 2.37. The minimum absolute atomic E-state index is 0.0376. The molecule has 0 unspecified atom stereocenters. The molecule has 35 heavy (non-hydrogen) atoms. The molecule has 2 aromatic rings. The quantitative estimate of drug-likeness (QED) is 0.470. The fourth-order valence-corrected chi connectivity index (χ4v) is 4.77. The van der Waals surface area contributed by atoms with E-state index in [9.17, 15) is 31.1 Å². The first-order valence-electron chi connectivity index (χ1n) is 11.2. The Labute approximate surface area is 198 Å². The number of aryl methyl sites for hydroxylation is 1. The summed E-state index contributed by atoms with van der Waals surface area (Å²) in [5.74, 6) is -0.599. The highest BCUT2D eigenvalue weighted by molar-refractivity contribution is 5.84. The molecule has 2 saturated heterocycles. The molecule has 2 aliphatic heterocycles. The topological polar surface area (TPSA) is 60.5 Å². The van der Waals surface area contributed by atoms with Crippen molar-refractivity contribution >= 4 is 11.6 Å². The standard InChI is InChI=1S/C23H25F6N5O/c1-14-19(5-2-6-30-14)20(34-9-8-33-7-3-4-18(33)13-34)21(35)32-31-17-11-15(22(24,25)26)10-16(12-17)23(27,28)29/h2,5-6,10-12,18,20,31H,3-4,7-9,13H2,1H3,(H,32,35)/t18-,20+/m1/s1. The molecule has 12 heteroatoms. The lowest BCUT2D eigenvalue weighted by molar-refractivity contribution is -0.143. The molecule has 1 amide bonds. The second kappa shape index (κ2) is 9.65. The van der Waals surface area contributed by atoms with Crippen molar-refractivity contribution in [2.75, 3.05) is 31.6 Å². The number of alkyl halides is 6. The predicted molar refractivity (Wildman–Crippen MR) is 116 cm³/mol. The number of amides is 1. The van der Waals surface area contributed by atoms with Gasteiger partial charge >= 0.3 is 12.4 Å². The van der Waals surface area contributed by atoms with E-state index in [2.05, 4.69) is 20.7 Å². The van der Waals surface area contributed by atoms with Crippen molar-refractivity contribution in [3.05, 3.63) is 58.9 Å². The van der Waals surface area contributed by atoms with Gasteiger partial charge in [-0.3, -0.25) is 30.4 Å². The second-order valence-corrected chi connectivity index (χ2v) is 8.82. The number of hydrazine groups is 1. The Morgan fingerprint density at radius 1 is 1.06 bits per heavy atom. The summed E-state index contributed by atoms with van der Waals surface area (Å²) < 4.78 is 79.1. The Kier molecular flexibility index (Phi) is 6.96. The molecule has 1 aromatic heterocycles. The Bertz CT molecular complexity index is 1040. The molecule has 6 nitrogen and oxygen atoms in total. The van der Waals surface area contributed by atoms with Gasteiger partial charge in [-0.05, 0) is 50.6 Å². The highest BCUT2D eigenvalue weighted by atomic mass is 19.4. The number of anilines is 1. The Morgan fingerprint density at radius 3 is 2.37 bits per heavy atom. The van der Waals surface area contributed by atoms with Gasteiger partial charge in [-0.1, -0.05) is 6.07 Å². The van der Waals surface area contributed by atoms with E-state index in [1.54, 1.807) is 25.3 Å². The van der Waals surface area contributed by atoms with Crippen LogP contribution >= 0.6 is 0 Å². The summed E-state index contributed by atoms with van der Waals surface area (Å²) in [7, 11) is 0. The number of carbonyl (C=O) groups excluding carboxylic acids is 1. The maximum absolute atomic E-state index is 13.3. The summed E-state index contributed by atoms with van der Waals surface area (Å²) in [6, 6.07) is 4.00. The van der Waals surface area contributed by atoms with Gasteiger partial charge in [-0.15, -0.1) is 0 Å². The highest BCUT2D eigenvalue weighted by Gasteiger charge is 2.39. The van der Waals surface area contributed by atoms with Gasteiger partial charge in [0.15, 0.2) is 0 Å². The number of fused-ring (bicyclic) bond motifs is 1. The summed E-state index contributed by atoms with van der Waals surface area (Å²) in [6.07, 6.45) is -6.32. The van der Waals surface area contributed by atoms with Gasteiger partial charge in [-0.25, -0.2) is 0 Å². The molecule has 0 bridgehead atoms. The van der Waals surface area contributed by atoms with Gasteiger partial charge in [0.05, 0.1) is 16.8 Å². The minimum atomic E-state index is -4.99. The number of hydrogen-bond acceptors (Lipinski definition) is 5. The van der Waals surface area contributed by atoms with Crippen molar-refractivity contribution < 1.29 is 31.1 Å². The summed E-state index contributed by atoms with van der Waals surface area (Å²) >= 11 is 0. The summed E-state index contributed by atoms with van der Waals surface area (Å²) in [4.78, 5) is 21.9. The Hall–Kier alpha value is -2.86. The number of pyridine rings is 1. The summed E-state index contributed by atoms with van der Waals surface area (Å²) in [5, 5.41) is 0. The van der Waals surface area contributed by atoms with Crippen molar-refractivity contribution in [2.24, 2.45) is 0 Å². The fraction of sp³-hybridized carbons (Fsp3) is 0.478. The zero-order chi connectivity index (χ0) is 25.4. The van der Waals surface area contributed by atoms with E-state index < -0.39 is 41.1 Å². The number of aromatic nitrogens is 1. The SMILES string of the molecule is Cc1ncccc1[C@@H](C(=O)NNc1cc(C(F)(F)F)cc(C(F)(F)F)c1)N1CCN2CCC[C@@H]2C1. The second-order valence-electron chi connectivity index (χ2n) is 8.82. The first-order valence-corrected chi connectivity index (χ1v) is 11.2. The largest absolute Gasteiger partial charge is 0.416 e. The number of benzene rings is 1. The number of rotatable bonds is 5. The molecule has 0 spiro atoms. The van der Waals surface area contributed by atoms with Gasteiger partial charge < -0.3 is 0 Å². The average molecular weight is 501 g/mol. The van der Waals surface area contributed by atoms with E-state index in [1.165, 1.54) is 0 Å². The first-order chi connectivity index (χ1) is 16.4. The molecular weight excluding hydrogens is 476 g/mol. The summed E-state index contributed by atoms with van der Waals surface area (Å²) in [6.45, 7) is 4.72. The third kappa shape index (κ3) is 5.69. The van der Waals surface area contributed by atoms with Crippen LogP contribution in [0.4, 0.5) is 32.0 Å². The van der Waals surface area contributed by atoms with Gasteiger partial charge in [0.25, 0.3) is 5.91 Å². The van der Waals surface area contributed by atoms with E-state index in [1.807, 2.05) is 4.90 Å². The van der Waals surface area contributed by atoms with Crippen LogP contribution in [-0.2, 0) is 17.1 Å². The maximum Gasteiger partial charge on any atom is 0.416 e. The Morgan fingerprint density at radius 2 is 1.74 bits per heavy atom. The fourth-order valence-electron chi connectivity index (χ4n) is 4.77. The Balaban J connectivity index is 1.59. The van der Waals surface area contributed by atoms with E-state index >= 15 is 0 Å². The van der Waals surface area contributed by atoms with Crippen LogP contribution in [0.2, 0.25) is 0 Å². The van der Waals surface area contributed by atoms with Crippen molar-refractivity contribution in [3.8, 4) is 0 Å². The molecule has 2 atom stereocenters. The number of nitrogens with zero attached hydrogens (tertiary/aromatic N) is 3. The molecule has 2 N–H and O–H groups in total. The van der Waals surface area contributed by atoms with Crippen LogP contribution in [0.1, 0.15) is 41.3 Å². The molecule has 3 heterocycles. The monoisotopic (exact) mass is 501 g/mol. The number of nitrogens with one attached hydrogen (secondary N) is 2. The van der Waals surface area contributed by atoms with Gasteiger partial charge in [-0.2, -0.15) is 26.3 Å². The lowest BCUT2D eigenvalue weighted by Gasteiger charge is -2.41. The van der Waals surface area contributed by atoms with Gasteiger partial charge in [0.2, 0.25) is 0 Å². The molecule has 2 fully saturated rings. The van der Waals surface area contributed by atoms with E-state index in [0.29, 0.717) is 42.5 Å². The average Bonchev–Trinajstić information content (AvgIpc) is 3.26. The van der Waals surface area contributed by atoms with Crippen molar-refractivity contribution in [3.63, 3.8) is 0 Å². The molecule has 190 valence electrons. The third-order valence-corrected chi connectivity index (χ3v) is 6.49. The lowest BCUT2D eigenvalue weighted by Crippen LogP contribution is -2.54. The lowest BCUT2D eigenvalue weighted by atomic mass is 10.0. The normalized spacial score (nSPS) is 20.4. The molecule has 0 aliphatic carbocycles. The van der Waals surface area contributed by atoms with E-state index in [0.717, 1.165) is 25.9 Å². The van der Waals surface area contributed by atoms with Crippen LogP contribution in [0.3, 0.4) is 0 Å². The smallest absolute Gasteiger partial charge is 0.299 e. The molecule has 0 radical (unpaired) electrons. The minimum Gasteiger partial charge on any atom is -0.299 e. The molecule has 0 saturated carbocycles. The first kappa shape index (κ1) is 25.2. The van der Waals surface area contributed by atoms with Crippen LogP contribution in [0.15, 0.2) is 36.5 Å². The highest BCUT2D eigenvalue weighted by Crippen LogP contribution is 2.37. The van der Waals surface area contributed by atoms with Gasteiger partial charge in [0.1, 0.15) is 6.04 Å². The number of halogens is 6. The molecule has 4 rings (SSSR count). The molecule has 2 aliphatic rings. The maximum atomic E-state index is 13.3. The van der Waals surface area contributed by atoms with Crippen molar-refractivity contribution in [1.82, 2.24) is 20.2 Å². The zero-order valence-electron chi connectivity index (χ0n) is 18.9. The number of hydrogen-bond donors (Lipinski definition) is 2. The van der Waals surface area contributed by atoms with E-state index in [4.69, 9.17) is 0 Å². The molecular formula is C23H25F6N5O. The van der Waals surface area contributed by atoms with Gasteiger partial charge in [0, 0.05) is 43.1 Å². The number of carbonyl (C=O) groups is 1. The van der Waals surface area contributed by atoms with E-state index in [-0.39, 0.29) is 6.07 Å². The zero-order valence-corrected chi connectivity index (χ0v) is 18.9. The predicted octanol–water partition coefficient (Wildman–Crippen LogP) is 4.39. The molecule has 1 aromatic carbocycles. The van der Waals surface area contributed by atoms with Crippen LogP contribution in [0.25, 0.3) is 0 Å². The van der Waals surface area contributed by atoms with Crippen molar-refractivity contribution in [2.45, 2.75) is 44.2 Å². The van der Waals surface area contributed by atoms with Crippen LogP contribution in [-0.4, -0.2) is 52.9 Å². The van der Waals surface area contributed by atoms with Crippen LogP contribution < -0.4 is 10.9 Å². The van der Waals surface area contributed by atoms with Crippen LogP contribution in [0.5, 0.6) is 0 Å². The van der Waals surface area contributed by atoms with Crippen LogP contribution in [0, 0.1) is 6.92 Å². The third-order valence-electron chi connectivity index (χ3n) is 6.49. The van der Waals surface area contributed by atoms with Crippen molar-refractivity contribution in [1.29, 1.82) is 0 Å².